The molecule has 0 amide bonds. The van der Waals surface area contributed by atoms with Crippen molar-refractivity contribution in [3.63, 3.8) is 0 Å². The van der Waals surface area contributed by atoms with Crippen molar-refractivity contribution < 1.29 is 9.47 Å². The summed E-state index contributed by atoms with van der Waals surface area (Å²) in [7, 11) is 1.70. The minimum Gasteiger partial charge on any atom is -0.373 e. The van der Waals surface area contributed by atoms with Crippen molar-refractivity contribution in [2.45, 2.75) is 0 Å². The van der Waals surface area contributed by atoms with E-state index in [0.717, 1.165) is 0 Å². The highest BCUT2D eigenvalue weighted by molar-refractivity contribution is 5.58. The third-order valence-electron chi connectivity index (χ3n) is 0.948. The summed E-state index contributed by atoms with van der Waals surface area (Å²) in [6, 6.07) is 0. The third kappa shape index (κ3) is 9.26. The molecule has 0 saturated carbocycles. The van der Waals surface area contributed by atoms with Crippen molar-refractivity contribution in [3.05, 3.63) is 0 Å². The molecule has 0 aromatic carbocycles. The molecule has 0 unspecified atom stereocenters. The van der Waals surface area contributed by atoms with Crippen LogP contribution in [-0.2, 0) is 9.47 Å². The molecule has 0 saturated heterocycles. The van der Waals surface area contributed by atoms with Crippen molar-refractivity contribution >= 4 is 12.4 Å². The number of aliphatic imine (C=N–C) groups is 1. The highest BCUT2D eigenvalue weighted by Crippen LogP contribution is 1.75. The van der Waals surface area contributed by atoms with Gasteiger partial charge in [-0.05, 0) is 0 Å². The molecule has 4 heteroatoms. The Morgan fingerprint density at radius 2 is 1.91 bits per heavy atom. The van der Waals surface area contributed by atoms with E-state index in [1.807, 2.05) is 0 Å². The fourth-order valence-corrected chi connectivity index (χ4v) is 0.471. The van der Waals surface area contributed by atoms with Gasteiger partial charge in [0.25, 0.3) is 0 Å². The van der Waals surface area contributed by atoms with Gasteiger partial charge in [-0.3, -0.25) is 4.99 Å². The number of hydrogen-bond acceptors (Lipinski definition) is 4. The third-order valence-corrected chi connectivity index (χ3v) is 0.948. The molecule has 0 heterocycles. The molecular weight excluding hydrogens is 144 g/mol. The van der Waals surface area contributed by atoms with Gasteiger partial charge in [0.05, 0.1) is 26.4 Å². The zero-order valence-corrected chi connectivity index (χ0v) is 6.75. The maximum Gasteiger partial charge on any atom is 0.0815 e. The minimum atomic E-state index is 0.366. The molecule has 1 N–H and O–H groups in total. The smallest absolute Gasteiger partial charge is 0.0815 e. The number of hydrogen-bond donors (Lipinski definition) is 1. The molecule has 11 heavy (non-hydrogen) atoms. The maximum absolute atomic E-state index is 6.64. The molecule has 0 radical (unpaired) electrons. The molecule has 0 fully saturated rings. The van der Waals surface area contributed by atoms with E-state index >= 15 is 0 Å². The predicted octanol–water partition coefficient (Wildman–Crippen LogP) is 0.370. The van der Waals surface area contributed by atoms with E-state index in [1.165, 1.54) is 6.21 Å². The van der Waals surface area contributed by atoms with Crippen LogP contribution in [-0.4, -0.2) is 45.9 Å². The topological polar surface area (TPSA) is 54.7 Å². The molecule has 64 valence electrons. The van der Waals surface area contributed by atoms with Crippen LogP contribution in [0.3, 0.4) is 0 Å². The monoisotopic (exact) mass is 158 g/mol. The average Bonchev–Trinajstić information content (AvgIpc) is 2.03. The summed E-state index contributed by atoms with van der Waals surface area (Å²) in [5.74, 6) is 0. The van der Waals surface area contributed by atoms with Gasteiger partial charge in [-0.25, -0.2) is 0 Å². The van der Waals surface area contributed by atoms with Crippen LogP contribution >= 0.6 is 0 Å². The van der Waals surface area contributed by atoms with Crippen molar-refractivity contribution in [1.82, 2.24) is 0 Å². The Kier molecular flexibility index (Phi) is 8.64. The van der Waals surface area contributed by atoms with Crippen LogP contribution < -0.4 is 0 Å². The number of ether oxygens (including phenoxy) is 2. The quantitative estimate of drug-likeness (QED) is 0.430. The molecule has 0 spiro atoms. The SMILES string of the molecule is C/N=C\COCCOCC=N. The summed E-state index contributed by atoms with van der Waals surface area (Å²) < 4.78 is 10.0. The van der Waals surface area contributed by atoms with Gasteiger partial charge in [0.15, 0.2) is 0 Å². The van der Waals surface area contributed by atoms with E-state index < -0.39 is 0 Å². The first kappa shape index (κ1) is 10.3. The molecule has 0 aliphatic rings. The van der Waals surface area contributed by atoms with Gasteiger partial charge in [0, 0.05) is 19.5 Å². The Morgan fingerprint density at radius 1 is 1.27 bits per heavy atom. The van der Waals surface area contributed by atoms with Gasteiger partial charge in [0.1, 0.15) is 0 Å². The van der Waals surface area contributed by atoms with E-state index in [0.29, 0.717) is 26.4 Å². The molecule has 0 rings (SSSR count). The number of nitrogens with one attached hydrogen (secondary N) is 1. The van der Waals surface area contributed by atoms with E-state index in [9.17, 15) is 0 Å². The Hall–Kier alpha value is -0.740. The summed E-state index contributed by atoms with van der Waals surface area (Å²) in [4.78, 5) is 3.74. The second-order valence-corrected chi connectivity index (χ2v) is 1.79. The Morgan fingerprint density at radius 3 is 2.45 bits per heavy atom. The van der Waals surface area contributed by atoms with Gasteiger partial charge in [-0.2, -0.15) is 0 Å². The zero-order valence-electron chi connectivity index (χ0n) is 6.75. The molecule has 4 nitrogen and oxygen atoms in total. The first-order valence-electron chi connectivity index (χ1n) is 3.47. The van der Waals surface area contributed by atoms with Crippen LogP contribution in [0.2, 0.25) is 0 Å². The summed E-state index contributed by atoms with van der Waals surface area (Å²) in [6.07, 6.45) is 2.91. The van der Waals surface area contributed by atoms with E-state index in [4.69, 9.17) is 14.9 Å². The van der Waals surface area contributed by atoms with E-state index in [2.05, 4.69) is 4.99 Å². The van der Waals surface area contributed by atoms with Crippen LogP contribution in [0.1, 0.15) is 0 Å². The standard InChI is InChI=1S/C7H14N2O2/c1-9-3-5-11-7-6-10-4-2-8/h2-3,8H,4-7H2,1H3/b8-2?,9-3-. The molecule has 0 aromatic rings. The van der Waals surface area contributed by atoms with Gasteiger partial charge in [0.2, 0.25) is 0 Å². The fourth-order valence-electron chi connectivity index (χ4n) is 0.471. The molecule has 0 aliphatic heterocycles. The van der Waals surface area contributed by atoms with Crippen molar-refractivity contribution in [2.24, 2.45) is 4.99 Å². The van der Waals surface area contributed by atoms with Crippen LogP contribution in [0.5, 0.6) is 0 Å². The Labute approximate surface area is 66.7 Å². The predicted molar refractivity (Wildman–Crippen MR) is 44.8 cm³/mol. The van der Waals surface area contributed by atoms with Gasteiger partial charge in [-0.15, -0.1) is 0 Å². The summed E-state index contributed by atoms with van der Waals surface area (Å²) in [5, 5.41) is 6.64. The first-order valence-corrected chi connectivity index (χ1v) is 3.47. The van der Waals surface area contributed by atoms with Crippen LogP contribution in [0.15, 0.2) is 4.99 Å². The van der Waals surface area contributed by atoms with Crippen molar-refractivity contribution in [3.8, 4) is 0 Å². The molecule has 0 aromatic heterocycles. The number of nitrogens with zero attached hydrogens (tertiary/aromatic N) is 1. The number of rotatable bonds is 7. The van der Waals surface area contributed by atoms with Crippen molar-refractivity contribution in [1.29, 1.82) is 5.41 Å². The summed E-state index contributed by atoms with van der Waals surface area (Å²) in [5.41, 5.74) is 0. The second-order valence-electron chi connectivity index (χ2n) is 1.79. The largest absolute Gasteiger partial charge is 0.373 e. The summed E-state index contributed by atoms with van der Waals surface area (Å²) in [6.45, 7) is 1.99. The highest BCUT2D eigenvalue weighted by atomic mass is 16.5. The molecule has 0 bridgehead atoms. The second kappa shape index (κ2) is 9.26. The fraction of sp³-hybridized carbons (Fsp3) is 0.714. The lowest BCUT2D eigenvalue weighted by Gasteiger charge is -1.99. The van der Waals surface area contributed by atoms with Crippen LogP contribution in [0, 0.1) is 5.41 Å². The molecule has 0 atom stereocenters. The van der Waals surface area contributed by atoms with Crippen molar-refractivity contribution in [2.75, 3.05) is 33.5 Å². The lowest BCUT2D eigenvalue weighted by Crippen LogP contribution is -2.06. The maximum atomic E-state index is 6.64. The minimum absolute atomic E-state index is 0.366. The Balaban J connectivity index is 2.84. The van der Waals surface area contributed by atoms with Gasteiger partial charge < -0.3 is 14.9 Å². The van der Waals surface area contributed by atoms with Gasteiger partial charge in [-0.1, -0.05) is 0 Å². The molecular formula is C7H14N2O2. The van der Waals surface area contributed by atoms with Crippen LogP contribution in [0.4, 0.5) is 0 Å². The average molecular weight is 158 g/mol. The molecule has 0 aliphatic carbocycles. The normalized spacial score (nSPS) is 10.6. The Bertz CT molecular complexity index is 115. The lowest BCUT2D eigenvalue weighted by molar-refractivity contribution is 0.0809. The van der Waals surface area contributed by atoms with Crippen LogP contribution in [0.25, 0.3) is 0 Å². The highest BCUT2D eigenvalue weighted by Gasteiger charge is 1.84. The van der Waals surface area contributed by atoms with E-state index in [-0.39, 0.29) is 0 Å². The van der Waals surface area contributed by atoms with E-state index in [1.54, 1.807) is 13.3 Å². The zero-order chi connectivity index (χ0) is 8.36. The lowest BCUT2D eigenvalue weighted by atomic mass is 10.7. The van der Waals surface area contributed by atoms with Gasteiger partial charge >= 0.3 is 0 Å². The summed E-state index contributed by atoms with van der Waals surface area (Å²) >= 11 is 0. The first-order chi connectivity index (χ1) is 5.41.